The van der Waals surface area contributed by atoms with Crippen LogP contribution in [0.4, 0.5) is 14.6 Å². The van der Waals surface area contributed by atoms with E-state index in [9.17, 15) is 13.6 Å². The average molecular weight is 322 g/mol. The van der Waals surface area contributed by atoms with Crippen molar-refractivity contribution in [2.75, 3.05) is 31.1 Å². The lowest BCUT2D eigenvalue weighted by Crippen LogP contribution is -2.56. The molecule has 2 aliphatic heterocycles. The van der Waals surface area contributed by atoms with E-state index in [1.54, 1.807) is 9.42 Å². The molecular weight excluding hydrogens is 306 g/mol. The van der Waals surface area contributed by atoms with Gasteiger partial charge in [-0.15, -0.1) is 15.3 Å². The summed E-state index contributed by atoms with van der Waals surface area (Å²) < 4.78 is 27.9. The monoisotopic (exact) mass is 322 g/mol. The molecule has 0 radical (unpaired) electrons. The van der Waals surface area contributed by atoms with E-state index >= 15 is 0 Å². The number of fused-ring (bicyclic) bond motifs is 1. The molecule has 2 fully saturated rings. The van der Waals surface area contributed by atoms with Crippen molar-refractivity contribution in [3.05, 3.63) is 18.5 Å². The molecule has 4 rings (SSSR count). The van der Waals surface area contributed by atoms with Crippen LogP contribution >= 0.6 is 0 Å². The lowest BCUT2D eigenvalue weighted by atomic mass is 9.96. The van der Waals surface area contributed by atoms with Gasteiger partial charge in [0.05, 0.1) is 5.92 Å². The number of halogens is 2. The number of rotatable bonds is 2. The first-order valence-corrected chi connectivity index (χ1v) is 7.60. The zero-order valence-electron chi connectivity index (χ0n) is 12.4. The molecule has 0 unspecified atom stereocenters. The van der Waals surface area contributed by atoms with Gasteiger partial charge < -0.3 is 9.80 Å². The first kappa shape index (κ1) is 14.3. The highest BCUT2D eigenvalue weighted by Gasteiger charge is 2.40. The molecule has 0 spiro atoms. The molecule has 0 atom stereocenters. The summed E-state index contributed by atoms with van der Waals surface area (Å²) in [5.74, 6) is -2.03. The molecule has 7 nitrogen and oxygen atoms in total. The summed E-state index contributed by atoms with van der Waals surface area (Å²) >= 11 is 0. The molecule has 122 valence electrons. The van der Waals surface area contributed by atoms with Gasteiger partial charge in [0.15, 0.2) is 5.65 Å². The topological polar surface area (TPSA) is 66.6 Å². The van der Waals surface area contributed by atoms with Crippen molar-refractivity contribution in [2.45, 2.75) is 18.8 Å². The SMILES string of the molecule is O=C(C1CN(c2ccc3nncn3n2)C1)N1CCC(F)(F)CC1. The van der Waals surface area contributed by atoms with E-state index in [-0.39, 0.29) is 37.8 Å². The molecular formula is C14H16F2N6O. The van der Waals surface area contributed by atoms with E-state index in [4.69, 9.17) is 0 Å². The van der Waals surface area contributed by atoms with Crippen molar-refractivity contribution >= 4 is 17.4 Å². The maximum Gasteiger partial charge on any atom is 0.251 e. The smallest absolute Gasteiger partial charge is 0.251 e. The molecule has 2 aromatic rings. The average Bonchev–Trinajstić information content (AvgIpc) is 2.93. The van der Waals surface area contributed by atoms with Gasteiger partial charge in [-0.05, 0) is 12.1 Å². The molecule has 0 bridgehead atoms. The summed E-state index contributed by atoms with van der Waals surface area (Å²) in [6.45, 7) is 1.42. The number of carbonyl (C=O) groups excluding carboxylic acids is 1. The van der Waals surface area contributed by atoms with Crippen molar-refractivity contribution in [1.29, 1.82) is 0 Å². The summed E-state index contributed by atoms with van der Waals surface area (Å²) in [7, 11) is 0. The van der Waals surface area contributed by atoms with E-state index in [2.05, 4.69) is 15.3 Å². The Morgan fingerprint density at radius 3 is 2.70 bits per heavy atom. The minimum atomic E-state index is -2.62. The number of nitrogens with zero attached hydrogens (tertiary/aromatic N) is 6. The van der Waals surface area contributed by atoms with E-state index in [1.807, 2.05) is 17.0 Å². The number of hydrogen-bond acceptors (Lipinski definition) is 5. The molecule has 1 amide bonds. The molecule has 4 heterocycles. The molecule has 0 aliphatic carbocycles. The molecule has 2 aromatic heterocycles. The van der Waals surface area contributed by atoms with Crippen molar-refractivity contribution in [1.82, 2.24) is 24.7 Å². The molecule has 0 saturated carbocycles. The van der Waals surface area contributed by atoms with Gasteiger partial charge in [0.2, 0.25) is 5.91 Å². The third-order valence-electron chi connectivity index (χ3n) is 4.51. The predicted octanol–water partition coefficient (Wildman–Crippen LogP) is 0.818. The Hall–Kier alpha value is -2.32. The Morgan fingerprint density at radius 2 is 1.96 bits per heavy atom. The molecule has 2 saturated heterocycles. The maximum atomic E-state index is 13.2. The summed E-state index contributed by atoms with van der Waals surface area (Å²) in [6, 6.07) is 3.66. The van der Waals surface area contributed by atoms with Crippen LogP contribution in [0.25, 0.3) is 5.65 Å². The number of carbonyl (C=O) groups is 1. The van der Waals surface area contributed by atoms with Gasteiger partial charge in [-0.3, -0.25) is 4.79 Å². The van der Waals surface area contributed by atoms with Crippen LogP contribution in [0.15, 0.2) is 18.5 Å². The van der Waals surface area contributed by atoms with Gasteiger partial charge in [0.1, 0.15) is 12.1 Å². The lowest BCUT2D eigenvalue weighted by molar-refractivity contribution is -0.142. The first-order valence-electron chi connectivity index (χ1n) is 7.60. The van der Waals surface area contributed by atoms with E-state index in [1.165, 1.54) is 6.33 Å². The number of likely N-dealkylation sites (tertiary alicyclic amines) is 1. The summed E-state index contributed by atoms with van der Waals surface area (Å²) in [4.78, 5) is 15.9. The van der Waals surface area contributed by atoms with Gasteiger partial charge in [-0.2, -0.15) is 4.52 Å². The molecule has 23 heavy (non-hydrogen) atoms. The van der Waals surface area contributed by atoms with Crippen LogP contribution in [0.2, 0.25) is 0 Å². The van der Waals surface area contributed by atoms with Gasteiger partial charge in [-0.25, -0.2) is 8.78 Å². The van der Waals surface area contributed by atoms with Gasteiger partial charge in [-0.1, -0.05) is 0 Å². The number of hydrogen-bond donors (Lipinski definition) is 0. The Bertz CT molecular complexity index is 732. The second-order valence-corrected chi connectivity index (χ2v) is 6.11. The van der Waals surface area contributed by atoms with Gasteiger partial charge in [0, 0.05) is 39.0 Å². The quantitative estimate of drug-likeness (QED) is 0.819. The second-order valence-electron chi connectivity index (χ2n) is 6.11. The molecule has 0 N–H and O–H groups in total. The summed E-state index contributed by atoms with van der Waals surface area (Å²) in [5.41, 5.74) is 0.663. The standard InChI is InChI=1S/C14H16F2N6O/c15-14(16)3-5-20(6-4-14)13(23)10-7-21(8-10)12-2-1-11-18-17-9-22(11)19-12/h1-2,9-10H,3-8H2. The molecule has 2 aliphatic rings. The number of aromatic nitrogens is 4. The Balaban J connectivity index is 1.36. The number of piperidine rings is 1. The second kappa shape index (κ2) is 5.10. The van der Waals surface area contributed by atoms with Crippen LogP contribution in [0.1, 0.15) is 12.8 Å². The van der Waals surface area contributed by atoms with Crippen molar-refractivity contribution in [2.24, 2.45) is 5.92 Å². The van der Waals surface area contributed by atoms with E-state index in [0.29, 0.717) is 18.7 Å². The third-order valence-corrected chi connectivity index (χ3v) is 4.51. The first-order chi connectivity index (χ1) is 11.0. The van der Waals surface area contributed by atoms with E-state index in [0.717, 1.165) is 5.82 Å². The minimum Gasteiger partial charge on any atom is -0.353 e. The highest BCUT2D eigenvalue weighted by atomic mass is 19.3. The van der Waals surface area contributed by atoms with Crippen LogP contribution in [0, 0.1) is 5.92 Å². The fourth-order valence-electron chi connectivity index (χ4n) is 3.02. The molecule has 9 heteroatoms. The normalized spacial score (nSPS) is 21.5. The van der Waals surface area contributed by atoms with E-state index < -0.39 is 5.92 Å². The Labute approximate surface area is 130 Å². The van der Waals surface area contributed by atoms with Gasteiger partial charge >= 0.3 is 0 Å². The van der Waals surface area contributed by atoms with Crippen molar-refractivity contribution in [3.63, 3.8) is 0 Å². The van der Waals surface area contributed by atoms with Crippen molar-refractivity contribution in [3.8, 4) is 0 Å². The highest BCUT2D eigenvalue weighted by Crippen LogP contribution is 2.30. The lowest BCUT2D eigenvalue weighted by Gasteiger charge is -2.42. The van der Waals surface area contributed by atoms with Crippen LogP contribution in [-0.4, -0.2) is 62.7 Å². The number of amides is 1. The predicted molar refractivity (Wildman–Crippen MR) is 77.2 cm³/mol. The van der Waals surface area contributed by atoms with Crippen LogP contribution in [0.3, 0.4) is 0 Å². The zero-order chi connectivity index (χ0) is 16.0. The minimum absolute atomic E-state index is 0.0258. The Morgan fingerprint density at radius 1 is 1.22 bits per heavy atom. The van der Waals surface area contributed by atoms with Crippen molar-refractivity contribution < 1.29 is 13.6 Å². The largest absolute Gasteiger partial charge is 0.353 e. The number of anilines is 1. The van der Waals surface area contributed by atoms with Crippen LogP contribution in [0.5, 0.6) is 0 Å². The van der Waals surface area contributed by atoms with Gasteiger partial charge in [0.25, 0.3) is 5.92 Å². The van der Waals surface area contributed by atoms with Crippen LogP contribution < -0.4 is 4.90 Å². The summed E-state index contributed by atoms with van der Waals surface area (Å²) in [6.07, 6.45) is 1.05. The zero-order valence-corrected chi connectivity index (χ0v) is 12.4. The third kappa shape index (κ3) is 2.60. The Kier molecular flexibility index (Phi) is 3.17. The highest BCUT2D eigenvalue weighted by molar-refractivity contribution is 5.82. The molecule has 0 aromatic carbocycles. The fourth-order valence-corrected chi connectivity index (χ4v) is 3.02. The number of alkyl halides is 2. The summed E-state index contributed by atoms with van der Waals surface area (Å²) in [5, 5.41) is 12.0. The maximum absolute atomic E-state index is 13.2. The van der Waals surface area contributed by atoms with Crippen LogP contribution in [-0.2, 0) is 4.79 Å². The fraction of sp³-hybridized carbons (Fsp3) is 0.571.